The second kappa shape index (κ2) is 6.79. The number of pyridine rings is 1. The summed E-state index contributed by atoms with van der Waals surface area (Å²) >= 11 is 0. The van der Waals surface area contributed by atoms with Crippen LogP contribution in [0.5, 0.6) is 0 Å². The zero-order chi connectivity index (χ0) is 16.4. The number of β-amino-alcohol motifs (C(OH)–C–C–N with tert-alkyl or cyclic N) is 1. The fraction of sp³-hybridized carbons (Fsp3) is 0.550. The van der Waals surface area contributed by atoms with E-state index in [-0.39, 0.29) is 0 Å². The number of piperidine rings is 1. The van der Waals surface area contributed by atoms with Crippen LogP contribution in [0.15, 0.2) is 36.5 Å². The second-order valence-corrected chi connectivity index (χ2v) is 7.51. The lowest BCUT2D eigenvalue weighted by Crippen LogP contribution is -2.46. The quantitative estimate of drug-likeness (QED) is 0.938. The van der Waals surface area contributed by atoms with Crippen LogP contribution in [0, 0.1) is 0 Å². The third-order valence-corrected chi connectivity index (χ3v) is 5.51. The molecule has 0 amide bonds. The molecule has 4 heteroatoms. The number of aliphatic hydroxyl groups is 1. The van der Waals surface area contributed by atoms with Crippen LogP contribution in [0.25, 0.3) is 10.9 Å². The maximum absolute atomic E-state index is 11.0. The number of fused-ring (bicyclic) bond motifs is 1. The minimum atomic E-state index is -0.541. The maximum atomic E-state index is 11.0. The molecule has 4 nitrogen and oxygen atoms in total. The zero-order valence-corrected chi connectivity index (χ0v) is 14.3. The van der Waals surface area contributed by atoms with Gasteiger partial charge in [-0.25, -0.2) is 0 Å². The molecule has 1 N–H and O–H groups in total. The zero-order valence-electron chi connectivity index (χ0n) is 14.3. The largest absolute Gasteiger partial charge is 0.387 e. The molecule has 2 saturated heterocycles. The molecule has 0 radical (unpaired) electrons. The molecule has 0 bridgehead atoms. The minimum absolute atomic E-state index is 0.541. The van der Waals surface area contributed by atoms with Crippen LogP contribution in [0.1, 0.15) is 31.2 Å². The Morgan fingerprint density at radius 3 is 2.75 bits per heavy atom. The number of hydrogen-bond acceptors (Lipinski definition) is 4. The SMILES string of the molecule is O[C@@]1(CN2CCCCC2)CCN(Cc2cccc3ncccc23)C1. The Morgan fingerprint density at radius 1 is 1.00 bits per heavy atom. The number of benzene rings is 1. The number of hydrogen-bond donors (Lipinski definition) is 1. The predicted molar refractivity (Wildman–Crippen MR) is 96.9 cm³/mol. The van der Waals surface area contributed by atoms with Crippen molar-refractivity contribution in [2.75, 3.05) is 32.7 Å². The summed E-state index contributed by atoms with van der Waals surface area (Å²) in [5, 5.41) is 12.2. The minimum Gasteiger partial charge on any atom is -0.387 e. The van der Waals surface area contributed by atoms with Crippen LogP contribution in [0.3, 0.4) is 0 Å². The molecule has 24 heavy (non-hydrogen) atoms. The predicted octanol–water partition coefficient (Wildman–Crippen LogP) is 2.66. The summed E-state index contributed by atoms with van der Waals surface area (Å²) in [6.45, 7) is 5.78. The van der Waals surface area contributed by atoms with Crippen molar-refractivity contribution in [3.8, 4) is 0 Å². The maximum Gasteiger partial charge on any atom is 0.0912 e. The van der Waals surface area contributed by atoms with E-state index in [1.807, 2.05) is 12.3 Å². The van der Waals surface area contributed by atoms with E-state index < -0.39 is 5.60 Å². The molecule has 2 aliphatic heterocycles. The topological polar surface area (TPSA) is 39.6 Å². The third kappa shape index (κ3) is 3.46. The Hall–Kier alpha value is -1.49. The lowest BCUT2D eigenvalue weighted by atomic mass is 10.0. The highest BCUT2D eigenvalue weighted by atomic mass is 16.3. The van der Waals surface area contributed by atoms with Gasteiger partial charge in [-0.2, -0.15) is 0 Å². The van der Waals surface area contributed by atoms with Gasteiger partial charge in [0.05, 0.1) is 11.1 Å². The Balaban J connectivity index is 1.42. The van der Waals surface area contributed by atoms with Gasteiger partial charge in [0.2, 0.25) is 0 Å². The summed E-state index contributed by atoms with van der Waals surface area (Å²) in [5.74, 6) is 0. The van der Waals surface area contributed by atoms with Gasteiger partial charge in [-0.3, -0.25) is 9.88 Å². The molecule has 1 aromatic carbocycles. The Labute approximate surface area is 144 Å². The van der Waals surface area contributed by atoms with Crippen LogP contribution >= 0.6 is 0 Å². The average Bonchev–Trinajstić information content (AvgIpc) is 2.96. The van der Waals surface area contributed by atoms with Crippen molar-refractivity contribution in [1.29, 1.82) is 0 Å². The van der Waals surface area contributed by atoms with Crippen LogP contribution in [0.2, 0.25) is 0 Å². The van der Waals surface area contributed by atoms with Crippen molar-refractivity contribution >= 4 is 10.9 Å². The highest BCUT2D eigenvalue weighted by molar-refractivity contribution is 5.81. The highest BCUT2D eigenvalue weighted by Gasteiger charge is 2.37. The lowest BCUT2D eigenvalue weighted by molar-refractivity contribution is 0.00637. The van der Waals surface area contributed by atoms with Gasteiger partial charge in [0.15, 0.2) is 0 Å². The standard InChI is InChI=1S/C20H27N3O/c24-20(15-22-11-2-1-3-12-22)9-13-23(16-20)14-17-6-4-8-19-18(17)7-5-10-21-19/h4-8,10,24H,1-3,9,11-16H2/t20-/m1/s1. The lowest BCUT2D eigenvalue weighted by Gasteiger charge is -2.33. The molecule has 0 saturated carbocycles. The van der Waals surface area contributed by atoms with Crippen LogP contribution < -0.4 is 0 Å². The fourth-order valence-corrected chi connectivity index (χ4v) is 4.28. The van der Waals surface area contributed by atoms with Gasteiger partial charge in [-0.1, -0.05) is 24.6 Å². The Bertz CT molecular complexity index is 693. The first-order chi connectivity index (χ1) is 11.7. The molecule has 0 aliphatic carbocycles. The fourth-order valence-electron chi connectivity index (χ4n) is 4.28. The van der Waals surface area contributed by atoms with Crippen LogP contribution in [0.4, 0.5) is 0 Å². The summed E-state index contributed by atoms with van der Waals surface area (Å²) in [6, 6.07) is 10.5. The molecule has 3 heterocycles. The first kappa shape index (κ1) is 16.0. The van der Waals surface area contributed by atoms with Crippen molar-refractivity contribution < 1.29 is 5.11 Å². The van der Waals surface area contributed by atoms with Crippen molar-refractivity contribution in [3.05, 3.63) is 42.1 Å². The van der Waals surface area contributed by atoms with E-state index in [9.17, 15) is 5.11 Å². The van der Waals surface area contributed by atoms with Crippen LogP contribution in [-0.2, 0) is 6.54 Å². The average molecular weight is 325 g/mol. The van der Waals surface area contributed by atoms with E-state index in [0.29, 0.717) is 0 Å². The first-order valence-corrected chi connectivity index (χ1v) is 9.22. The van der Waals surface area contributed by atoms with Crippen LogP contribution in [-0.4, -0.2) is 58.2 Å². The van der Waals surface area contributed by atoms with Crippen molar-refractivity contribution in [1.82, 2.24) is 14.8 Å². The molecule has 1 aromatic heterocycles. The van der Waals surface area contributed by atoms with Gasteiger partial charge in [0.25, 0.3) is 0 Å². The van der Waals surface area contributed by atoms with Gasteiger partial charge >= 0.3 is 0 Å². The normalized spacial score (nSPS) is 26.2. The van der Waals surface area contributed by atoms with Gasteiger partial charge < -0.3 is 10.0 Å². The monoisotopic (exact) mass is 325 g/mol. The molecule has 2 fully saturated rings. The molecule has 2 aliphatic rings. The summed E-state index contributed by atoms with van der Waals surface area (Å²) in [7, 11) is 0. The van der Waals surface area contributed by atoms with E-state index >= 15 is 0 Å². The summed E-state index contributed by atoms with van der Waals surface area (Å²) in [4.78, 5) is 9.30. The third-order valence-electron chi connectivity index (χ3n) is 5.51. The number of aromatic nitrogens is 1. The van der Waals surface area contributed by atoms with E-state index in [1.54, 1.807) is 0 Å². The van der Waals surface area contributed by atoms with Gasteiger partial charge in [0.1, 0.15) is 0 Å². The first-order valence-electron chi connectivity index (χ1n) is 9.22. The Kier molecular flexibility index (Phi) is 4.53. The smallest absolute Gasteiger partial charge is 0.0912 e. The van der Waals surface area contributed by atoms with Crippen molar-refractivity contribution in [2.24, 2.45) is 0 Å². The van der Waals surface area contributed by atoms with E-state index in [4.69, 9.17) is 0 Å². The molecule has 2 aromatic rings. The molecule has 0 spiro atoms. The van der Waals surface area contributed by atoms with E-state index in [1.165, 1.54) is 30.2 Å². The van der Waals surface area contributed by atoms with Gasteiger partial charge in [-0.15, -0.1) is 0 Å². The number of rotatable bonds is 4. The van der Waals surface area contributed by atoms with Crippen molar-refractivity contribution in [3.63, 3.8) is 0 Å². The Morgan fingerprint density at radius 2 is 1.88 bits per heavy atom. The molecule has 128 valence electrons. The summed E-state index contributed by atoms with van der Waals surface area (Å²) in [6.07, 6.45) is 6.63. The summed E-state index contributed by atoms with van der Waals surface area (Å²) in [5.41, 5.74) is 1.82. The molecule has 0 unspecified atom stereocenters. The van der Waals surface area contributed by atoms with Gasteiger partial charge in [-0.05, 0) is 50.0 Å². The molecular formula is C20H27N3O. The van der Waals surface area contributed by atoms with E-state index in [2.05, 4.69) is 39.0 Å². The number of likely N-dealkylation sites (tertiary alicyclic amines) is 2. The van der Waals surface area contributed by atoms with Gasteiger partial charge in [0, 0.05) is 37.8 Å². The summed E-state index contributed by atoms with van der Waals surface area (Å²) < 4.78 is 0. The van der Waals surface area contributed by atoms with E-state index in [0.717, 1.165) is 51.2 Å². The van der Waals surface area contributed by atoms with Crippen molar-refractivity contribution in [2.45, 2.75) is 37.8 Å². The molecular weight excluding hydrogens is 298 g/mol. The highest BCUT2D eigenvalue weighted by Crippen LogP contribution is 2.27. The second-order valence-electron chi connectivity index (χ2n) is 7.51. The number of nitrogens with zero attached hydrogens (tertiary/aromatic N) is 3. The molecule has 1 atom stereocenters. The molecule has 4 rings (SSSR count).